The third kappa shape index (κ3) is 2.89. The summed E-state index contributed by atoms with van der Waals surface area (Å²) < 4.78 is 5.34. The molecule has 0 amide bonds. The van der Waals surface area contributed by atoms with Gasteiger partial charge in [0.2, 0.25) is 0 Å². The lowest BCUT2D eigenvalue weighted by Crippen LogP contribution is -2.31. The molecule has 1 aromatic rings. The predicted molar refractivity (Wildman–Crippen MR) is 67.1 cm³/mol. The Morgan fingerprint density at radius 3 is 3.06 bits per heavy atom. The third-order valence-electron chi connectivity index (χ3n) is 3.01. The average Bonchev–Trinajstić information content (AvgIpc) is 2.58. The average molecular weight is 220 g/mol. The number of hydrogen-bond donors (Lipinski definition) is 2. The van der Waals surface area contributed by atoms with Crippen LogP contribution in [0.2, 0.25) is 0 Å². The molecule has 1 aliphatic heterocycles. The maximum absolute atomic E-state index is 5.34. The summed E-state index contributed by atoms with van der Waals surface area (Å²) in [6, 6.07) is 8.61. The predicted octanol–water partition coefficient (Wildman–Crippen LogP) is 2.25. The minimum Gasteiger partial charge on any atom is -0.495 e. The van der Waals surface area contributed by atoms with Crippen LogP contribution in [0.1, 0.15) is 19.3 Å². The van der Waals surface area contributed by atoms with Crippen molar-refractivity contribution in [3.63, 3.8) is 0 Å². The van der Waals surface area contributed by atoms with Crippen molar-refractivity contribution < 1.29 is 4.74 Å². The summed E-state index contributed by atoms with van der Waals surface area (Å²) in [7, 11) is 1.71. The van der Waals surface area contributed by atoms with Crippen LogP contribution in [0.15, 0.2) is 24.3 Å². The van der Waals surface area contributed by atoms with Crippen LogP contribution < -0.4 is 15.4 Å². The fraction of sp³-hybridized carbons (Fsp3) is 0.538. The number of rotatable bonds is 3. The molecular weight excluding hydrogens is 200 g/mol. The third-order valence-corrected chi connectivity index (χ3v) is 3.01. The molecule has 1 aromatic carbocycles. The van der Waals surface area contributed by atoms with Crippen LogP contribution in [0.5, 0.6) is 5.75 Å². The Morgan fingerprint density at radius 2 is 2.19 bits per heavy atom. The summed E-state index contributed by atoms with van der Waals surface area (Å²) in [5.41, 5.74) is 1.10. The summed E-state index contributed by atoms with van der Waals surface area (Å²) in [6.07, 6.45) is 3.80. The first-order valence-electron chi connectivity index (χ1n) is 6.00. The van der Waals surface area contributed by atoms with Gasteiger partial charge >= 0.3 is 0 Å². The van der Waals surface area contributed by atoms with Crippen molar-refractivity contribution in [2.24, 2.45) is 0 Å². The highest BCUT2D eigenvalue weighted by Gasteiger charge is 2.12. The first-order valence-corrected chi connectivity index (χ1v) is 6.00. The van der Waals surface area contributed by atoms with Crippen LogP contribution in [0, 0.1) is 0 Å². The normalized spacial score (nSPS) is 21.2. The first-order chi connectivity index (χ1) is 7.90. The molecule has 1 atom stereocenters. The molecule has 88 valence electrons. The number of para-hydroxylation sites is 2. The number of benzene rings is 1. The summed E-state index contributed by atoms with van der Waals surface area (Å²) in [4.78, 5) is 0. The van der Waals surface area contributed by atoms with Gasteiger partial charge in [0, 0.05) is 12.6 Å². The number of anilines is 1. The zero-order valence-electron chi connectivity index (χ0n) is 9.83. The van der Waals surface area contributed by atoms with Crippen LogP contribution in [0.3, 0.4) is 0 Å². The van der Waals surface area contributed by atoms with Crippen molar-refractivity contribution in [3.05, 3.63) is 24.3 Å². The van der Waals surface area contributed by atoms with Crippen molar-refractivity contribution in [2.45, 2.75) is 25.3 Å². The topological polar surface area (TPSA) is 33.3 Å². The maximum atomic E-state index is 5.34. The fourth-order valence-electron chi connectivity index (χ4n) is 2.13. The van der Waals surface area contributed by atoms with Crippen LogP contribution in [0.4, 0.5) is 5.69 Å². The maximum Gasteiger partial charge on any atom is 0.141 e. The van der Waals surface area contributed by atoms with E-state index in [0.29, 0.717) is 6.04 Å². The van der Waals surface area contributed by atoms with Gasteiger partial charge in [-0.1, -0.05) is 18.6 Å². The Labute approximate surface area is 97.2 Å². The minimum atomic E-state index is 0.513. The molecule has 1 saturated heterocycles. The van der Waals surface area contributed by atoms with Gasteiger partial charge < -0.3 is 15.4 Å². The monoisotopic (exact) mass is 220 g/mol. The Kier molecular flexibility index (Phi) is 4.05. The molecule has 3 heteroatoms. The molecule has 0 aliphatic carbocycles. The molecule has 1 aliphatic rings. The van der Waals surface area contributed by atoms with Gasteiger partial charge in [0.25, 0.3) is 0 Å². The fourth-order valence-corrected chi connectivity index (χ4v) is 2.13. The van der Waals surface area contributed by atoms with E-state index in [1.54, 1.807) is 7.11 Å². The largest absolute Gasteiger partial charge is 0.495 e. The van der Waals surface area contributed by atoms with Gasteiger partial charge in [-0.15, -0.1) is 0 Å². The van der Waals surface area contributed by atoms with E-state index in [0.717, 1.165) is 24.5 Å². The van der Waals surface area contributed by atoms with Gasteiger partial charge in [-0.05, 0) is 31.5 Å². The van der Waals surface area contributed by atoms with Crippen molar-refractivity contribution in [1.82, 2.24) is 5.32 Å². The first kappa shape index (κ1) is 11.3. The van der Waals surface area contributed by atoms with Crippen molar-refractivity contribution in [2.75, 3.05) is 25.5 Å². The molecule has 0 aromatic heterocycles. The van der Waals surface area contributed by atoms with E-state index >= 15 is 0 Å². The molecule has 0 saturated carbocycles. The zero-order chi connectivity index (χ0) is 11.2. The summed E-state index contributed by atoms with van der Waals surface area (Å²) in [5.74, 6) is 0.923. The molecule has 3 nitrogen and oxygen atoms in total. The molecule has 1 unspecified atom stereocenters. The second kappa shape index (κ2) is 5.75. The van der Waals surface area contributed by atoms with Crippen LogP contribution >= 0.6 is 0 Å². The van der Waals surface area contributed by atoms with Gasteiger partial charge in [-0.3, -0.25) is 0 Å². The summed E-state index contributed by atoms with van der Waals surface area (Å²) >= 11 is 0. The Hall–Kier alpha value is -1.22. The number of methoxy groups -OCH3 is 1. The van der Waals surface area contributed by atoms with Gasteiger partial charge in [-0.25, -0.2) is 0 Å². The second-order valence-corrected chi connectivity index (χ2v) is 4.24. The molecule has 2 N–H and O–H groups in total. The standard InChI is InChI=1S/C13H20N2O/c1-16-13-8-3-2-7-12(13)15-11-6-4-5-9-14-10-11/h2-3,7-8,11,14-15H,4-6,9-10H2,1H3. The lowest BCUT2D eigenvalue weighted by molar-refractivity contribution is 0.415. The molecule has 0 radical (unpaired) electrons. The summed E-state index contributed by atoms with van der Waals surface area (Å²) in [5, 5.41) is 7.00. The highest BCUT2D eigenvalue weighted by Crippen LogP contribution is 2.24. The molecule has 16 heavy (non-hydrogen) atoms. The Balaban J connectivity index is 2.01. The minimum absolute atomic E-state index is 0.513. The Bertz CT molecular complexity index is 319. The van der Waals surface area contributed by atoms with E-state index in [2.05, 4.69) is 16.7 Å². The van der Waals surface area contributed by atoms with E-state index < -0.39 is 0 Å². The van der Waals surface area contributed by atoms with Crippen LogP contribution in [-0.4, -0.2) is 26.2 Å². The van der Waals surface area contributed by atoms with Gasteiger partial charge in [0.05, 0.1) is 12.8 Å². The Morgan fingerprint density at radius 1 is 1.31 bits per heavy atom. The van der Waals surface area contributed by atoms with Gasteiger partial charge in [-0.2, -0.15) is 0 Å². The molecule has 0 bridgehead atoms. The summed E-state index contributed by atoms with van der Waals surface area (Å²) in [6.45, 7) is 2.18. The molecule has 1 fully saturated rings. The van der Waals surface area contributed by atoms with E-state index in [9.17, 15) is 0 Å². The van der Waals surface area contributed by atoms with Crippen molar-refractivity contribution >= 4 is 5.69 Å². The highest BCUT2D eigenvalue weighted by molar-refractivity contribution is 5.56. The second-order valence-electron chi connectivity index (χ2n) is 4.24. The number of hydrogen-bond acceptors (Lipinski definition) is 3. The van der Waals surface area contributed by atoms with Crippen LogP contribution in [0.25, 0.3) is 0 Å². The van der Waals surface area contributed by atoms with E-state index in [1.165, 1.54) is 19.3 Å². The van der Waals surface area contributed by atoms with Crippen molar-refractivity contribution in [1.29, 1.82) is 0 Å². The van der Waals surface area contributed by atoms with E-state index in [-0.39, 0.29) is 0 Å². The van der Waals surface area contributed by atoms with E-state index in [4.69, 9.17) is 4.74 Å². The number of ether oxygens (including phenoxy) is 1. The lowest BCUT2D eigenvalue weighted by Gasteiger charge is -2.19. The molecule has 1 heterocycles. The SMILES string of the molecule is COc1ccccc1NC1CCCCNC1. The van der Waals surface area contributed by atoms with Gasteiger partial charge in [0.15, 0.2) is 0 Å². The van der Waals surface area contributed by atoms with Crippen molar-refractivity contribution in [3.8, 4) is 5.75 Å². The molecule has 0 spiro atoms. The zero-order valence-corrected chi connectivity index (χ0v) is 9.83. The highest BCUT2D eigenvalue weighted by atomic mass is 16.5. The molecule has 2 rings (SSSR count). The lowest BCUT2D eigenvalue weighted by atomic mass is 10.1. The van der Waals surface area contributed by atoms with Crippen LogP contribution in [-0.2, 0) is 0 Å². The number of nitrogens with one attached hydrogen (secondary N) is 2. The molecular formula is C13H20N2O. The van der Waals surface area contributed by atoms with Gasteiger partial charge in [0.1, 0.15) is 5.75 Å². The quantitative estimate of drug-likeness (QED) is 0.819. The smallest absolute Gasteiger partial charge is 0.141 e. The van der Waals surface area contributed by atoms with E-state index in [1.807, 2.05) is 18.2 Å².